The first-order valence-corrected chi connectivity index (χ1v) is 11.1. The monoisotopic (exact) mass is 455 g/mol. The summed E-state index contributed by atoms with van der Waals surface area (Å²) < 4.78 is 1.82. The van der Waals surface area contributed by atoms with Crippen LogP contribution in [0.3, 0.4) is 0 Å². The highest BCUT2D eigenvalue weighted by atomic mass is 35.5. The third-order valence-corrected chi connectivity index (χ3v) is 6.14. The summed E-state index contributed by atoms with van der Waals surface area (Å²) >= 11 is 12.3. The fraction of sp³-hybridized carbons (Fsp3) is 0.0357. The van der Waals surface area contributed by atoms with Gasteiger partial charge in [0.1, 0.15) is 0 Å². The summed E-state index contributed by atoms with van der Waals surface area (Å²) in [5, 5.41) is 2.33. The van der Waals surface area contributed by atoms with Gasteiger partial charge in [-0.05, 0) is 41.0 Å². The van der Waals surface area contributed by atoms with E-state index in [0.717, 1.165) is 44.4 Å². The largest absolute Gasteiger partial charge is 0.279 e. The maximum Gasteiger partial charge on any atom is 0.228 e. The van der Waals surface area contributed by atoms with Gasteiger partial charge in [0, 0.05) is 33.5 Å². The van der Waals surface area contributed by atoms with Gasteiger partial charge in [0.25, 0.3) is 0 Å². The van der Waals surface area contributed by atoms with Gasteiger partial charge in [-0.3, -0.25) is 9.36 Å². The summed E-state index contributed by atoms with van der Waals surface area (Å²) in [5.74, 6) is -0.0523. The molecule has 0 atom stereocenters. The Morgan fingerprint density at radius 2 is 1.25 bits per heavy atom. The molecule has 0 amide bonds. The second-order valence-corrected chi connectivity index (χ2v) is 8.53. The van der Waals surface area contributed by atoms with Crippen LogP contribution in [0.25, 0.3) is 44.4 Å². The summed E-state index contributed by atoms with van der Waals surface area (Å²) in [6.07, 6.45) is 0. The van der Waals surface area contributed by atoms with Crippen LogP contribution in [-0.4, -0.2) is 10.5 Å². The first kappa shape index (κ1) is 20.6. The number of para-hydroxylation sites is 1. The lowest BCUT2D eigenvalue weighted by Crippen LogP contribution is -2.08. The third kappa shape index (κ3) is 3.52. The van der Waals surface area contributed by atoms with Crippen molar-refractivity contribution in [1.82, 2.24) is 4.57 Å². The van der Waals surface area contributed by atoms with Crippen LogP contribution in [0.4, 0.5) is 0 Å². The SMILES string of the molecule is CC(=O)n1c(-c2ccc(Cl)cc2)c(-c2ccc(Cl)cc2)c2cccc(-c3ccccc3)c21. The van der Waals surface area contributed by atoms with E-state index in [-0.39, 0.29) is 5.91 Å². The van der Waals surface area contributed by atoms with E-state index in [0.29, 0.717) is 10.0 Å². The lowest BCUT2D eigenvalue weighted by Gasteiger charge is -2.12. The Balaban J connectivity index is 1.96. The van der Waals surface area contributed by atoms with Gasteiger partial charge in [-0.25, -0.2) is 0 Å². The zero-order chi connectivity index (χ0) is 22.2. The fourth-order valence-electron chi connectivity index (χ4n) is 4.29. The van der Waals surface area contributed by atoms with Gasteiger partial charge in [0.15, 0.2) is 0 Å². The van der Waals surface area contributed by atoms with Gasteiger partial charge in [-0.1, -0.05) is 96.0 Å². The lowest BCUT2D eigenvalue weighted by atomic mass is 9.96. The minimum atomic E-state index is -0.0523. The van der Waals surface area contributed by atoms with Crippen molar-refractivity contribution in [2.75, 3.05) is 0 Å². The van der Waals surface area contributed by atoms with Crippen molar-refractivity contribution in [2.24, 2.45) is 0 Å². The first-order valence-electron chi connectivity index (χ1n) is 10.3. The standard InChI is InChI=1S/C28H19Cl2NO/c1-18(32)31-27(21-12-16-23(30)17-13-21)26(20-10-14-22(29)15-11-20)25-9-5-8-24(28(25)31)19-6-3-2-4-7-19/h2-17H,1H3. The molecule has 2 nitrogen and oxygen atoms in total. The van der Waals surface area contributed by atoms with Crippen LogP contribution in [-0.2, 0) is 0 Å². The molecule has 0 aliphatic rings. The van der Waals surface area contributed by atoms with Crippen LogP contribution in [0.5, 0.6) is 0 Å². The van der Waals surface area contributed by atoms with E-state index in [2.05, 4.69) is 24.3 Å². The second kappa shape index (κ2) is 8.31. The van der Waals surface area contributed by atoms with Crippen LogP contribution in [0, 0.1) is 0 Å². The predicted octanol–water partition coefficient (Wildman–Crippen LogP) is 8.61. The second-order valence-electron chi connectivity index (χ2n) is 7.66. The van der Waals surface area contributed by atoms with Gasteiger partial charge in [0.2, 0.25) is 5.91 Å². The minimum Gasteiger partial charge on any atom is -0.279 e. The quantitative estimate of drug-likeness (QED) is 0.266. The minimum absolute atomic E-state index is 0.0523. The Labute approximate surface area is 196 Å². The van der Waals surface area contributed by atoms with Crippen molar-refractivity contribution in [3.8, 4) is 33.5 Å². The fourth-order valence-corrected chi connectivity index (χ4v) is 4.54. The summed E-state index contributed by atoms with van der Waals surface area (Å²) in [7, 11) is 0. The number of fused-ring (bicyclic) bond motifs is 1. The highest BCUT2D eigenvalue weighted by Gasteiger charge is 2.24. The maximum atomic E-state index is 13.1. The molecule has 0 N–H and O–H groups in total. The smallest absolute Gasteiger partial charge is 0.228 e. The molecule has 156 valence electrons. The van der Waals surface area contributed by atoms with E-state index in [4.69, 9.17) is 23.2 Å². The molecule has 5 rings (SSSR count). The summed E-state index contributed by atoms with van der Waals surface area (Å²) in [6.45, 7) is 1.60. The molecule has 1 aromatic heterocycles. The van der Waals surface area contributed by atoms with Gasteiger partial charge < -0.3 is 0 Å². The molecular formula is C28H19Cl2NO. The van der Waals surface area contributed by atoms with Crippen molar-refractivity contribution < 1.29 is 4.79 Å². The van der Waals surface area contributed by atoms with Gasteiger partial charge in [0.05, 0.1) is 11.2 Å². The summed E-state index contributed by atoms with van der Waals surface area (Å²) in [4.78, 5) is 13.1. The van der Waals surface area contributed by atoms with Gasteiger partial charge >= 0.3 is 0 Å². The van der Waals surface area contributed by atoms with Crippen LogP contribution < -0.4 is 0 Å². The molecular weight excluding hydrogens is 437 g/mol. The summed E-state index contributed by atoms with van der Waals surface area (Å²) in [5.41, 5.74) is 6.71. The Kier molecular flexibility index (Phi) is 5.34. The van der Waals surface area contributed by atoms with Crippen LogP contribution in [0.2, 0.25) is 10.0 Å². The van der Waals surface area contributed by atoms with Crippen molar-refractivity contribution >= 4 is 40.0 Å². The number of carbonyl (C=O) groups excluding carboxylic acids is 1. The van der Waals surface area contributed by atoms with Gasteiger partial charge in [-0.2, -0.15) is 0 Å². The van der Waals surface area contributed by atoms with Crippen LogP contribution >= 0.6 is 23.2 Å². The molecule has 0 saturated carbocycles. The molecule has 0 bridgehead atoms. The van der Waals surface area contributed by atoms with Crippen molar-refractivity contribution in [2.45, 2.75) is 6.92 Å². The highest BCUT2D eigenvalue weighted by molar-refractivity contribution is 6.31. The zero-order valence-electron chi connectivity index (χ0n) is 17.3. The average molecular weight is 456 g/mol. The molecule has 0 radical (unpaired) electrons. The van der Waals surface area contributed by atoms with E-state index in [1.807, 2.05) is 77.4 Å². The maximum absolute atomic E-state index is 13.1. The average Bonchev–Trinajstić information content (AvgIpc) is 3.16. The van der Waals surface area contributed by atoms with Crippen molar-refractivity contribution in [3.63, 3.8) is 0 Å². The number of nitrogens with zero attached hydrogens (tertiary/aromatic N) is 1. The normalized spacial score (nSPS) is 11.1. The number of rotatable bonds is 3. The van der Waals surface area contributed by atoms with E-state index in [1.165, 1.54) is 0 Å². The number of hydrogen-bond acceptors (Lipinski definition) is 1. The number of benzene rings is 4. The highest BCUT2D eigenvalue weighted by Crippen LogP contribution is 2.44. The number of halogens is 2. The molecule has 0 unspecified atom stereocenters. The first-order chi connectivity index (χ1) is 15.5. The molecule has 0 aliphatic carbocycles. The molecule has 4 heteroatoms. The molecule has 0 spiro atoms. The summed E-state index contributed by atoms with van der Waals surface area (Å²) in [6, 6.07) is 31.7. The Bertz CT molecular complexity index is 1430. The Hall–Kier alpha value is -3.33. The number of hydrogen-bond donors (Lipinski definition) is 0. The lowest BCUT2D eigenvalue weighted by molar-refractivity contribution is 0.0943. The molecule has 0 saturated heterocycles. The van der Waals surface area contributed by atoms with E-state index in [9.17, 15) is 4.79 Å². The van der Waals surface area contributed by atoms with Crippen molar-refractivity contribution in [3.05, 3.63) is 107 Å². The topological polar surface area (TPSA) is 22.0 Å². The third-order valence-electron chi connectivity index (χ3n) is 5.64. The molecule has 4 aromatic carbocycles. The molecule has 1 heterocycles. The van der Waals surface area contributed by atoms with Crippen molar-refractivity contribution in [1.29, 1.82) is 0 Å². The van der Waals surface area contributed by atoms with Gasteiger partial charge in [-0.15, -0.1) is 0 Å². The Morgan fingerprint density at radius 3 is 1.84 bits per heavy atom. The number of carbonyl (C=O) groups is 1. The molecule has 0 aliphatic heterocycles. The number of aromatic nitrogens is 1. The Morgan fingerprint density at radius 1 is 0.656 bits per heavy atom. The zero-order valence-corrected chi connectivity index (χ0v) is 18.9. The van der Waals surface area contributed by atoms with E-state index >= 15 is 0 Å². The van der Waals surface area contributed by atoms with Crippen LogP contribution in [0.1, 0.15) is 11.7 Å². The van der Waals surface area contributed by atoms with E-state index < -0.39 is 0 Å². The predicted molar refractivity (Wildman–Crippen MR) is 135 cm³/mol. The molecule has 32 heavy (non-hydrogen) atoms. The van der Waals surface area contributed by atoms with Crippen LogP contribution in [0.15, 0.2) is 97.1 Å². The van der Waals surface area contributed by atoms with E-state index in [1.54, 1.807) is 6.92 Å². The molecule has 5 aromatic rings. The molecule has 0 fully saturated rings.